The molecule has 2 heterocycles. The molecule has 0 bridgehead atoms. The lowest BCUT2D eigenvalue weighted by molar-refractivity contribution is 0.438. The second-order valence-corrected chi connectivity index (χ2v) is 9.10. The maximum atomic E-state index is 12.7. The van der Waals surface area contributed by atoms with Gasteiger partial charge in [0.05, 0.1) is 17.9 Å². The van der Waals surface area contributed by atoms with Crippen molar-refractivity contribution in [1.29, 1.82) is 0 Å². The van der Waals surface area contributed by atoms with Crippen LogP contribution in [-0.2, 0) is 16.6 Å². The lowest BCUT2D eigenvalue weighted by atomic mass is 9.93. The molecule has 2 aromatic rings. The number of hydrogen-bond acceptors (Lipinski definition) is 3. The number of aromatic nitrogens is 2. The van der Waals surface area contributed by atoms with Crippen LogP contribution in [0.2, 0.25) is 0 Å². The fraction of sp³-hybridized carbons (Fsp3) is 0.526. The standard InChI is InChI=1S/C19H26N4O2S/c1-14-8-9-16(12-15(14)2)23-19-7-5-6-18(17(19)13-20-23)21-26(24,25)22-10-3-4-11-22/h8-9,12-13,18,21H,3-7,10-11H2,1-2H3/t18-/m0/s1. The number of nitrogens with one attached hydrogen (secondary N) is 1. The molecule has 140 valence electrons. The highest BCUT2D eigenvalue weighted by atomic mass is 32.2. The van der Waals surface area contributed by atoms with Crippen LogP contribution in [0.15, 0.2) is 24.4 Å². The van der Waals surface area contributed by atoms with E-state index in [0.29, 0.717) is 13.1 Å². The lowest BCUT2D eigenvalue weighted by Crippen LogP contribution is -2.41. The van der Waals surface area contributed by atoms with E-state index in [1.54, 1.807) is 4.31 Å². The lowest BCUT2D eigenvalue weighted by Gasteiger charge is -2.26. The van der Waals surface area contributed by atoms with Crippen molar-refractivity contribution in [2.75, 3.05) is 13.1 Å². The monoisotopic (exact) mass is 374 g/mol. The minimum Gasteiger partial charge on any atom is -0.237 e. The molecule has 1 aliphatic heterocycles. The number of fused-ring (bicyclic) bond motifs is 1. The van der Waals surface area contributed by atoms with Gasteiger partial charge < -0.3 is 0 Å². The largest absolute Gasteiger partial charge is 0.280 e. The molecular formula is C19H26N4O2S. The van der Waals surface area contributed by atoms with Crippen LogP contribution in [-0.4, -0.2) is 35.6 Å². The molecule has 1 fully saturated rings. The first-order valence-corrected chi connectivity index (χ1v) is 10.8. The number of hydrogen-bond donors (Lipinski definition) is 1. The number of nitrogens with zero attached hydrogens (tertiary/aromatic N) is 3. The highest BCUT2D eigenvalue weighted by Gasteiger charge is 2.32. The molecule has 1 aliphatic carbocycles. The van der Waals surface area contributed by atoms with Crippen molar-refractivity contribution in [2.24, 2.45) is 0 Å². The fourth-order valence-electron chi connectivity index (χ4n) is 3.94. The van der Waals surface area contributed by atoms with E-state index in [0.717, 1.165) is 49.0 Å². The second kappa shape index (κ2) is 6.79. The van der Waals surface area contributed by atoms with E-state index in [1.807, 2.05) is 10.9 Å². The summed E-state index contributed by atoms with van der Waals surface area (Å²) in [7, 11) is -3.42. The maximum Gasteiger partial charge on any atom is 0.280 e. The van der Waals surface area contributed by atoms with Crippen LogP contribution in [0.5, 0.6) is 0 Å². The Kier molecular flexibility index (Phi) is 4.62. The second-order valence-electron chi connectivity index (χ2n) is 7.40. The third-order valence-corrected chi connectivity index (χ3v) is 7.24. The van der Waals surface area contributed by atoms with Gasteiger partial charge in [-0.2, -0.15) is 22.5 Å². The first-order valence-electron chi connectivity index (χ1n) is 9.37. The molecule has 26 heavy (non-hydrogen) atoms. The van der Waals surface area contributed by atoms with Crippen molar-refractivity contribution in [3.05, 3.63) is 46.8 Å². The summed E-state index contributed by atoms with van der Waals surface area (Å²) in [6.07, 6.45) is 6.42. The van der Waals surface area contributed by atoms with Crippen molar-refractivity contribution in [2.45, 2.75) is 52.0 Å². The summed E-state index contributed by atoms with van der Waals surface area (Å²) in [6, 6.07) is 6.13. The van der Waals surface area contributed by atoms with Crippen LogP contribution in [0.4, 0.5) is 0 Å². The number of rotatable bonds is 4. The molecule has 6 nitrogen and oxygen atoms in total. The fourth-order valence-corrected chi connectivity index (χ4v) is 5.43. The Balaban J connectivity index is 1.63. The molecule has 1 N–H and O–H groups in total. The Morgan fingerprint density at radius 3 is 2.62 bits per heavy atom. The summed E-state index contributed by atoms with van der Waals surface area (Å²) in [5.74, 6) is 0. The number of aryl methyl sites for hydroxylation is 2. The molecule has 0 saturated carbocycles. The molecule has 7 heteroatoms. The van der Waals surface area contributed by atoms with Crippen molar-refractivity contribution >= 4 is 10.2 Å². The van der Waals surface area contributed by atoms with Crippen LogP contribution in [0.25, 0.3) is 5.69 Å². The van der Waals surface area contributed by atoms with E-state index < -0.39 is 10.2 Å². The zero-order chi connectivity index (χ0) is 18.3. The van der Waals surface area contributed by atoms with E-state index in [4.69, 9.17) is 0 Å². The maximum absolute atomic E-state index is 12.7. The van der Waals surface area contributed by atoms with E-state index in [9.17, 15) is 8.42 Å². The Morgan fingerprint density at radius 1 is 1.12 bits per heavy atom. The van der Waals surface area contributed by atoms with Crippen LogP contribution < -0.4 is 4.72 Å². The van der Waals surface area contributed by atoms with Gasteiger partial charge in [0.15, 0.2) is 0 Å². The summed E-state index contributed by atoms with van der Waals surface area (Å²) in [5, 5.41) is 4.58. The summed E-state index contributed by atoms with van der Waals surface area (Å²) in [6.45, 7) is 5.44. The zero-order valence-corrected chi connectivity index (χ0v) is 16.2. The smallest absolute Gasteiger partial charge is 0.237 e. The van der Waals surface area contributed by atoms with Crippen molar-refractivity contribution in [3.63, 3.8) is 0 Å². The molecule has 1 saturated heterocycles. The molecule has 0 radical (unpaired) electrons. The van der Waals surface area contributed by atoms with E-state index in [2.05, 4.69) is 41.9 Å². The predicted molar refractivity (Wildman–Crippen MR) is 102 cm³/mol. The molecule has 1 atom stereocenters. The van der Waals surface area contributed by atoms with Gasteiger partial charge in [0.25, 0.3) is 10.2 Å². The Morgan fingerprint density at radius 2 is 1.88 bits per heavy atom. The Hall–Kier alpha value is -1.70. The SMILES string of the molecule is Cc1ccc(-n2ncc3c2CCC[C@@H]3NS(=O)(=O)N2CCCC2)cc1C. The highest BCUT2D eigenvalue weighted by molar-refractivity contribution is 7.87. The minimum absolute atomic E-state index is 0.190. The topological polar surface area (TPSA) is 67.2 Å². The highest BCUT2D eigenvalue weighted by Crippen LogP contribution is 2.32. The van der Waals surface area contributed by atoms with Crippen molar-refractivity contribution < 1.29 is 8.42 Å². The van der Waals surface area contributed by atoms with Crippen LogP contribution >= 0.6 is 0 Å². The molecule has 1 aromatic carbocycles. The van der Waals surface area contributed by atoms with E-state index in [1.165, 1.54) is 11.1 Å². The van der Waals surface area contributed by atoms with Gasteiger partial charge in [0.1, 0.15) is 0 Å². The summed E-state index contributed by atoms with van der Waals surface area (Å²) < 4.78 is 31.8. The van der Waals surface area contributed by atoms with Gasteiger partial charge in [0.2, 0.25) is 0 Å². The molecular weight excluding hydrogens is 348 g/mol. The minimum atomic E-state index is -3.42. The van der Waals surface area contributed by atoms with Gasteiger partial charge in [-0.1, -0.05) is 6.07 Å². The van der Waals surface area contributed by atoms with Gasteiger partial charge in [-0.3, -0.25) is 0 Å². The Labute approximate surface area is 155 Å². The third-order valence-electron chi connectivity index (χ3n) is 5.61. The summed E-state index contributed by atoms with van der Waals surface area (Å²) >= 11 is 0. The van der Waals surface area contributed by atoms with Crippen molar-refractivity contribution in [3.8, 4) is 5.69 Å². The first kappa shape index (κ1) is 17.7. The predicted octanol–water partition coefficient (Wildman–Crippen LogP) is 2.80. The zero-order valence-electron chi connectivity index (χ0n) is 15.4. The van der Waals surface area contributed by atoms with E-state index in [-0.39, 0.29) is 6.04 Å². The molecule has 0 spiro atoms. The van der Waals surface area contributed by atoms with Gasteiger partial charge in [-0.05, 0) is 69.2 Å². The quantitative estimate of drug-likeness (QED) is 0.895. The molecule has 0 unspecified atom stereocenters. The average molecular weight is 375 g/mol. The molecule has 0 amide bonds. The normalized spacial score (nSPS) is 21.1. The first-order chi connectivity index (χ1) is 12.5. The number of benzene rings is 1. The molecule has 1 aromatic heterocycles. The van der Waals surface area contributed by atoms with Gasteiger partial charge in [-0.25, -0.2) is 4.68 Å². The van der Waals surface area contributed by atoms with Gasteiger partial charge in [0, 0.05) is 24.3 Å². The van der Waals surface area contributed by atoms with Gasteiger partial charge in [-0.15, -0.1) is 0 Å². The Bertz CT molecular complexity index is 914. The molecule has 2 aliphatic rings. The summed E-state index contributed by atoms with van der Waals surface area (Å²) in [5.41, 5.74) is 5.66. The summed E-state index contributed by atoms with van der Waals surface area (Å²) in [4.78, 5) is 0. The third kappa shape index (κ3) is 3.19. The van der Waals surface area contributed by atoms with E-state index >= 15 is 0 Å². The molecule has 4 rings (SSSR count). The van der Waals surface area contributed by atoms with Gasteiger partial charge >= 0.3 is 0 Å². The van der Waals surface area contributed by atoms with Crippen LogP contribution in [0.1, 0.15) is 54.1 Å². The van der Waals surface area contributed by atoms with Crippen LogP contribution in [0, 0.1) is 13.8 Å². The average Bonchev–Trinajstić information content (AvgIpc) is 3.27. The van der Waals surface area contributed by atoms with Crippen LogP contribution in [0.3, 0.4) is 0 Å². The van der Waals surface area contributed by atoms with Crippen molar-refractivity contribution in [1.82, 2.24) is 18.8 Å².